The van der Waals surface area contributed by atoms with Gasteiger partial charge in [0.05, 0.1) is 13.0 Å². The normalized spacial score (nSPS) is 15.7. The Labute approximate surface area is 96.2 Å². The van der Waals surface area contributed by atoms with Crippen LogP contribution in [0.4, 0.5) is 0 Å². The average molecular weight is 241 g/mol. The van der Waals surface area contributed by atoms with Crippen molar-refractivity contribution in [3.63, 3.8) is 0 Å². The van der Waals surface area contributed by atoms with Gasteiger partial charge in [-0.05, 0) is 11.4 Å². The van der Waals surface area contributed by atoms with Crippen molar-refractivity contribution >= 4 is 23.2 Å². The fourth-order valence-electron chi connectivity index (χ4n) is 1.56. The summed E-state index contributed by atoms with van der Waals surface area (Å²) in [5, 5.41) is 10.5. The van der Waals surface area contributed by atoms with Crippen molar-refractivity contribution in [2.24, 2.45) is 5.92 Å². The molecule has 0 radical (unpaired) electrons. The summed E-state index contributed by atoms with van der Waals surface area (Å²) in [6, 6.07) is 1.73. The Kier molecular flexibility index (Phi) is 2.82. The van der Waals surface area contributed by atoms with Gasteiger partial charge in [0.1, 0.15) is 10.6 Å². The van der Waals surface area contributed by atoms with Gasteiger partial charge in [-0.2, -0.15) is 0 Å². The first kappa shape index (κ1) is 10.9. The molecular formula is C10H11NO4S. The number of nitrogens with zero attached hydrogens (tertiary/aromatic N) is 1. The number of hydrogen-bond donors (Lipinski definition) is 1. The number of carboxylic acids is 1. The van der Waals surface area contributed by atoms with Gasteiger partial charge in [0.25, 0.3) is 5.91 Å². The second-order valence-corrected chi connectivity index (χ2v) is 4.48. The molecule has 0 atom stereocenters. The Bertz CT molecular complexity index is 422. The number of carbonyl (C=O) groups is 2. The van der Waals surface area contributed by atoms with Crippen LogP contribution in [0.25, 0.3) is 0 Å². The molecular weight excluding hydrogens is 230 g/mol. The van der Waals surface area contributed by atoms with Crippen LogP contribution in [0, 0.1) is 5.92 Å². The second-order valence-electron chi connectivity index (χ2n) is 3.56. The molecule has 1 aliphatic heterocycles. The van der Waals surface area contributed by atoms with Crippen molar-refractivity contribution in [3.05, 3.63) is 16.3 Å². The van der Waals surface area contributed by atoms with Gasteiger partial charge in [0, 0.05) is 13.1 Å². The molecule has 1 N–H and O–H groups in total. The SMILES string of the molecule is COc1ccsc1C(=O)N1CC(C(=O)O)C1. The Balaban J connectivity index is 2.03. The molecule has 1 saturated heterocycles. The van der Waals surface area contributed by atoms with E-state index in [-0.39, 0.29) is 19.0 Å². The van der Waals surface area contributed by atoms with Gasteiger partial charge in [0.2, 0.25) is 0 Å². The lowest BCUT2D eigenvalue weighted by molar-refractivity contribution is -0.146. The van der Waals surface area contributed by atoms with Crippen LogP contribution < -0.4 is 4.74 Å². The molecule has 1 fully saturated rings. The van der Waals surface area contributed by atoms with E-state index < -0.39 is 11.9 Å². The van der Waals surface area contributed by atoms with Crippen molar-refractivity contribution in [1.82, 2.24) is 4.90 Å². The summed E-state index contributed by atoms with van der Waals surface area (Å²) in [4.78, 5) is 24.6. The molecule has 1 aromatic rings. The summed E-state index contributed by atoms with van der Waals surface area (Å²) in [5.74, 6) is -0.866. The zero-order chi connectivity index (χ0) is 11.7. The maximum atomic E-state index is 11.9. The fraction of sp³-hybridized carbons (Fsp3) is 0.400. The number of ether oxygens (including phenoxy) is 1. The predicted molar refractivity (Wildman–Crippen MR) is 57.9 cm³/mol. The van der Waals surface area contributed by atoms with Gasteiger partial charge in [-0.25, -0.2) is 0 Å². The van der Waals surface area contributed by atoms with Crippen LogP contribution in [0.15, 0.2) is 11.4 Å². The molecule has 0 spiro atoms. The van der Waals surface area contributed by atoms with Gasteiger partial charge in [0.15, 0.2) is 0 Å². The Morgan fingerprint density at radius 2 is 2.25 bits per heavy atom. The van der Waals surface area contributed by atoms with E-state index in [0.717, 1.165) is 0 Å². The summed E-state index contributed by atoms with van der Waals surface area (Å²) in [6.07, 6.45) is 0. The maximum absolute atomic E-state index is 11.9. The van der Waals surface area contributed by atoms with E-state index in [0.29, 0.717) is 10.6 Å². The minimum Gasteiger partial charge on any atom is -0.495 e. The van der Waals surface area contributed by atoms with Gasteiger partial charge in [-0.15, -0.1) is 11.3 Å². The first-order chi connectivity index (χ1) is 7.63. The van der Waals surface area contributed by atoms with Crippen molar-refractivity contribution in [1.29, 1.82) is 0 Å². The zero-order valence-electron chi connectivity index (χ0n) is 8.67. The van der Waals surface area contributed by atoms with E-state index in [9.17, 15) is 9.59 Å². The van der Waals surface area contributed by atoms with Crippen LogP contribution in [-0.4, -0.2) is 42.1 Å². The lowest BCUT2D eigenvalue weighted by atomic mass is 10.0. The Morgan fingerprint density at radius 1 is 1.56 bits per heavy atom. The Hall–Kier alpha value is -1.56. The molecule has 1 aliphatic rings. The van der Waals surface area contributed by atoms with E-state index in [1.807, 2.05) is 0 Å². The fourth-order valence-corrected chi connectivity index (χ4v) is 2.38. The van der Waals surface area contributed by atoms with Crippen LogP contribution in [0.5, 0.6) is 5.75 Å². The molecule has 2 rings (SSSR count). The number of rotatable bonds is 3. The maximum Gasteiger partial charge on any atom is 0.310 e. The van der Waals surface area contributed by atoms with Crippen LogP contribution in [0.3, 0.4) is 0 Å². The quantitative estimate of drug-likeness (QED) is 0.854. The highest BCUT2D eigenvalue weighted by molar-refractivity contribution is 7.12. The number of methoxy groups -OCH3 is 1. The second kappa shape index (κ2) is 4.13. The molecule has 1 amide bonds. The van der Waals surface area contributed by atoms with Gasteiger partial charge >= 0.3 is 5.97 Å². The van der Waals surface area contributed by atoms with E-state index in [1.165, 1.54) is 23.3 Å². The first-order valence-electron chi connectivity index (χ1n) is 4.77. The minimum absolute atomic E-state index is 0.149. The highest BCUT2D eigenvalue weighted by Crippen LogP contribution is 2.28. The molecule has 2 heterocycles. The largest absolute Gasteiger partial charge is 0.495 e. The topological polar surface area (TPSA) is 66.8 Å². The third kappa shape index (κ3) is 1.76. The third-order valence-electron chi connectivity index (χ3n) is 2.56. The van der Waals surface area contributed by atoms with E-state index in [2.05, 4.69) is 0 Å². The van der Waals surface area contributed by atoms with Gasteiger partial charge in [-0.3, -0.25) is 9.59 Å². The highest BCUT2D eigenvalue weighted by atomic mass is 32.1. The van der Waals surface area contributed by atoms with E-state index >= 15 is 0 Å². The number of likely N-dealkylation sites (tertiary alicyclic amines) is 1. The summed E-state index contributed by atoms with van der Waals surface area (Å²) in [7, 11) is 1.51. The molecule has 1 aromatic heterocycles. The molecule has 6 heteroatoms. The lowest BCUT2D eigenvalue weighted by Crippen LogP contribution is -2.52. The summed E-state index contributed by atoms with van der Waals surface area (Å²) < 4.78 is 5.05. The van der Waals surface area contributed by atoms with Crippen LogP contribution in [0.1, 0.15) is 9.67 Å². The van der Waals surface area contributed by atoms with Gasteiger partial charge < -0.3 is 14.7 Å². The Morgan fingerprint density at radius 3 is 2.81 bits per heavy atom. The van der Waals surface area contributed by atoms with Crippen molar-refractivity contribution in [2.45, 2.75) is 0 Å². The smallest absolute Gasteiger partial charge is 0.310 e. The molecule has 0 aliphatic carbocycles. The number of aliphatic carboxylic acids is 1. The summed E-state index contributed by atoms with van der Waals surface area (Å²) in [6.45, 7) is 0.574. The standard InChI is InChI=1S/C10H11NO4S/c1-15-7-2-3-16-8(7)9(12)11-4-6(5-11)10(13)14/h2-3,6H,4-5H2,1H3,(H,13,14). The predicted octanol–water partition coefficient (Wildman–Crippen LogP) is 0.913. The van der Waals surface area contributed by atoms with Crippen molar-refractivity contribution < 1.29 is 19.4 Å². The lowest BCUT2D eigenvalue weighted by Gasteiger charge is -2.36. The number of hydrogen-bond acceptors (Lipinski definition) is 4. The van der Waals surface area contributed by atoms with Crippen molar-refractivity contribution in [2.75, 3.05) is 20.2 Å². The van der Waals surface area contributed by atoms with E-state index in [1.54, 1.807) is 11.4 Å². The van der Waals surface area contributed by atoms with Crippen LogP contribution >= 0.6 is 11.3 Å². The molecule has 0 saturated carbocycles. The molecule has 0 unspecified atom stereocenters. The highest BCUT2D eigenvalue weighted by Gasteiger charge is 2.37. The summed E-state index contributed by atoms with van der Waals surface area (Å²) in [5.41, 5.74) is 0. The number of carbonyl (C=O) groups excluding carboxylic acids is 1. The number of thiophene rings is 1. The molecule has 86 valence electrons. The molecule has 16 heavy (non-hydrogen) atoms. The zero-order valence-corrected chi connectivity index (χ0v) is 9.49. The first-order valence-corrected chi connectivity index (χ1v) is 5.65. The van der Waals surface area contributed by atoms with Gasteiger partial charge in [-0.1, -0.05) is 0 Å². The monoisotopic (exact) mass is 241 g/mol. The molecule has 0 aromatic carbocycles. The van der Waals surface area contributed by atoms with E-state index in [4.69, 9.17) is 9.84 Å². The van der Waals surface area contributed by atoms with Crippen LogP contribution in [0.2, 0.25) is 0 Å². The number of carboxylic acid groups (broad SMARTS) is 1. The molecule has 5 nitrogen and oxygen atoms in total. The van der Waals surface area contributed by atoms with Crippen LogP contribution in [-0.2, 0) is 4.79 Å². The minimum atomic E-state index is -0.845. The van der Waals surface area contributed by atoms with Crippen molar-refractivity contribution in [3.8, 4) is 5.75 Å². The average Bonchev–Trinajstić information content (AvgIpc) is 2.61. The number of amides is 1. The third-order valence-corrected chi connectivity index (χ3v) is 3.44. The summed E-state index contributed by atoms with van der Waals surface area (Å²) >= 11 is 1.31. The molecule has 0 bridgehead atoms.